The maximum Gasteiger partial charge on any atom is 0.307 e. The summed E-state index contributed by atoms with van der Waals surface area (Å²) in [6, 6.07) is 0. The van der Waals surface area contributed by atoms with Crippen molar-refractivity contribution < 1.29 is 22.3 Å². The average Bonchev–Trinajstić information content (AvgIpc) is 2.08. The predicted octanol–water partition coefficient (Wildman–Crippen LogP) is -0.458. The minimum atomic E-state index is -0.874. The summed E-state index contributed by atoms with van der Waals surface area (Å²) in [5.41, 5.74) is 0. The van der Waals surface area contributed by atoms with Crippen LogP contribution in [0.2, 0.25) is 0 Å². The Morgan fingerprint density at radius 2 is 1.54 bits per heavy atom. The highest BCUT2D eigenvalue weighted by molar-refractivity contribution is 7.75. The van der Waals surface area contributed by atoms with E-state index in [2.05, 4.69) is 20.8 Å². The van der Waals surface area contributed by atoms with Gasteiger partial charge in [0.25, 0.3) is 0 Å². The Hall–Kier alpha value is 0.190. The van der Waals surface area contributed by atoms with Crippen LogP contribution in [0.4, 0.5) is 0 Å². The number of rotatable bonds is 6. The molecule has 13 heavy (non-hydrogen) atoms. The lowest BCUT2D eigenvalue weighted by molar-refractivity contribution is -0.136. The Morgan fingerprint density at radius 3 is 1.77 bits per heavy atom. The zero-order valence-corrected chi connectivity index (χ0v) is 10.4. The fourth-order valence-electron chi connectivity index (χ4n) is 1.48. The number of carboxylic acids is 1. The Kier molecular flexibility index (Phi) is 9.13. The molecule has 0 aromatic rings. The Morgan fingerprint density at radius 1 is 1.15 bits per heavy atom. The molecular weight excluding hydrogens is 207 g/mol. The molecule has 0 aromatic heterocycles. The third kappa shape index (κ3) is 5.49. The molecule has 0 spiro atoms. The molecule has 4 heteroatoms. The number of carbonyl (C=O) groups is 1. The number of aliphatic carboxylic acids is 1. The van der Waals surface area contributed by atoms with Gasteiger partial charge in [-0.1, -0.05) is 0 Å². The van der Waals surface area contributed by atoms with Crippen LogP contribution in [0.3, 0.4) is 0 Å². The van der Waals surface area contributed by atoms with Gasteiger partial charge in [-0.3, -0.25) is 4.79 Å². The second-order valence-electron chi connectivity index (χ2n) is 3.16. The van der Waals surface area contributed by atoms with Crippen molar-refractivity contribution in [3.8, 4) is 0 Å². The van der Waals surface area contributed by atoms with Crippen molar-refractivity contribution in [1.82, 2.24) is 0 Å². The normalized spacial score (nSPS) is 10.7. The summed E-state index contributed by atoms with van der Waals surface area (Å²) in [5.74, 6) is -0.644. The molecule has 0 rings (SSSR count). The van der Waals surface area contributed by atoms with Gasteiger partial charge in [-0.2, -0.15) is 0 Å². The molecule has 0 amide bonds. The zero-order valence-electron chi connectivity index (χ0n) is 8.72. The molecule has 2 nitrogen and oxygen atoms in total. The quantitative estimate of drug-likeness (QED) is 0.623. The number of halogens is 1. The molecule has 0 bridgehead atoms. The fourth-order valence-corrected chi connectivity index (χ4v) is 4.43. The van der Waals surface area contributed by atoms with Gasteiger partial charge >= 0.3 is 5.97 Å². The molecule has 0 aliphatic carbocycles. The largest absolute Gasteiger partial charge is 1.00 e. The molecule has 0 atom stereocenters. The predicted molar refractivity (Wildman–Crippen MR) is 55.7 cm³/mol. The van der Waals surface area contributed by atoms with Crippen LogP contribution in [-0.2, 0) is 4.79 Å². The van der Waals surface area contributed by atoms with Crippen molar-refractivity contribution in [3.05, 3.63) is 0 Å². The highest BCUT2D eigenvalue weighted by Crippen LogP contribution is 2.57. The minimum Gasteiger partial charge on any atom is -1.00 e. The van der Waals surface area contributed by atoms with Gasteiger partial charge in [0.15, 0.2) is 0 Å². The summed E-state index contributed by atoms with van der Waals surface area (Å²) < 4.78 is 0. The van der Waals surface area contributed by atoms with Crippen LogP contribution in [0.15, 0.2) is 0 Å². The lowest BCUT2D eigenvalue weighted by Gasteiger charge is -2.22. The smallest absolute Gasteiger partial charge is 0.307 e. The summed E-state index contributed by atoms with van der Waals surface area (Å²) in [6.07, 6.45) is 4.91. The summed E-state index contributed by atoms with van der Waals surface area (Å²) >= 11 is 0. The van der Waals surface area contributed by atoms with E-state index in [-0.39, 0.29) is 12.4 Å². The summed E-state index contributed by atoms with van der Waals surface area (Å²) in [4.78, 5) is 10.4. The van der Waals surface area contributed by atoms with Gasteiger partial charge in [-0.15, -0.1) is 0 Å². The van der Waals surface area contributed by atoms with Crippen molar-refractivity contribution in [2.45, 2.75) is 27.2 Å². The number of hydrogen-bond donors (Lipinski definition) is 1. The van der Waals surface area contributed by atoms with E-state index in [1.807, 2.05) is 0 Å². The van der Waals surface area contributed by atoms with Gasteiger partial charge in [-0.05, 0) is 20.8 Å². The van der Waals surface area contributed by atoms with Gasteiger partial charge < -0.3 is 17.5 Å². The topological polar surface area (TPSA) is 37.3 Å². The van der Waals surface area contributed by atoms with Crippen LogP contribution >= 0.6 is 7.26 Å². The third-order valence-corrected chi connectivity index (χ3v) is 8.01. The van der Waals surface area contributed by atoms with E-state index in [0.717, 1.165) is 6.16 Å². The second kappa shape index (κ2) is 7.58. The fraction of sp³-hybridized carbons (Fsp3) is 0.889. The van der Waals surface area contributed by atoms with Crippen LogP contribution < -0.4 is 12.4 Å². The van der Waals surface area contributed by atoms with E-state index in [1.165, 1.54) is 18.5 Å². The zero-order chi connectivity index (χ0) is 9.61. The molecule has 0 aromatic carbocycles. The molecule has 0 unspecified atom stereocenters. The average molecular weight is 227 g/mol. The van der Waals surface area contributed by atoms with Crippen molar-refractivity contribution in [1.29, 1.82) is 0 Å². The van der Waals surface area contributed by atoms with E-state index < -0.39 is 13.2 Å². The molecule has 0 aliphatic heterocycles. The van der Waals surface area contributed by atoms with Crippen LogP contribution in [0.25, 0.3) is 0 Å². The standard InChI is InChI=1S/C9H19O2P.ClH/c1-4-12(5-2,6-3)8-7-9(10)11;/h4-8H2,1-3H3;1H. The molecular formula is C9H20ClO2P. The van der Waals surface area contributed by atoms with Crippen LogP contribution in [0, 0.1) is 0 Å². The molecule has 0 aliphatic rings. The van der Waals surface area contributed by atoms with E-state index >= 15 is 0 Å². The maximum atomic E-state index is 10.4. The Bertz CT molecular complexity index is 138. The Labute approximate surface area is 87.9 Å². The third-order valence-electron chi connectivity index (χ3n) is 2.81. The first-order chi connectivity index (χ1) is 5.60. The monoisotopic (exact) mass is 226 g/mol. The maximum absolute atomic E-state index is 10.4. The summed E-state index contributed by atoms with van der Waals surface area (Å²) in [5, 5.41) is 8.58. The van der Waals surface area contributed by atoms with Gasteiger partial charge in [0.2, 0.25) is 0 Å². The van der Waals surface area contributed by atoms with Crippen molar-refractivity contribution in [3.63, 3.8) is 0 Å². The molecule has 0 radical (unpaired) electrons. The van der Waals surface area contributed by atoms with Crippen molar-refractivity contribution in [2.24, 2.45) is 0 Å². The first-order valence-electron chi connectivity index (χ1n) is 4.67. The summed E-state index contributed by atoms with van der Waals surface area (Å²) in [7, 11) is -0.874. The highest BCUT2D eigenvalue weighted by Gasteiger charge is 2.31. The van der Waals surface area contributed by atoms with E-state index in [1.54, 1.807) is 0 Å². The highest BCUT2D eigenvalue weighted by atomic mass is 35.5. The number of hydrogen-bond acceptors (Lipinski definition) is 1. The Balaban J connectivity index is 0. The van der Waals surface area contributed by atoms with Crippen LogP contribution in [0.1, 0.15) is 27.2 Å². The molecule has 0 fully saturated rings. The first kappa shape index (κ1) is 15.7. The van der Waals surface area contributed by atoms with Crippen molar-refractivity contribution >= 4 is 13.2 Å². The van der Waals surface area contributed by atoms with Gasteiger partial charge in [0.1, 0.15) is 0 Å². The van der Waals surface area contributed by atoms with Gasteiger partial charge in [0, 0.05) is 7.26 Å². The van der Waals surface area contributed by atoms with Gasteiger partial charge in [-0.25, -0.2) is 0 Å². The van der Waals surface area contributed by atoms with E-state index in [9.17, 15) is 4.79 Å². The van der Waals surface area contributed by atoms with E-state index in [4.69, 9.17) is 5.11 Å². The SMILES string of the molecule is CC[P+](CC)(CC)CCC(=O)O.[Cl-]. The van der Waals surface area contributed by atoms with E-state index in [0.29, 0.717) is 6.42 Å². The minimum absolute atomic E-state index is 0. The first-order valence-corrected chi connectivity index (χ1v) is 7.20. The van der Waals surface area contributed by atoms with Crippen LogP contribution in [-0.4, -0.2) is 35.7 Å². The summed E-state index contributed by atoms with van der Waals surface area (Å²) in [6.45, 7) is 6.59. The molecule has 0 heterocycles. The molecule has 0 saturated heterocycles. The lowest BCUT2D eigenvalue weighted by atomic mass is 10.5. The number of carboxylic acid groups (broad SMARTS) is 1. The van der Waals surface area contributed by atoms with Gasteiger partial charge in [0.05, 0.1) is 31.1 Å². The molecule has 1 N–H and O–H groups in total. The lowest BCUT2D eigenvalue weighted by Crippen LogP contribution is -3.00. The van der Waals surface area contributed by atoms with Crippen molar-refractivity contribution in [2.75, 3.05) is 24.6 Å². The molecule has 80 valence electrons. The molecule has 0 saturated carbocycles. The second-order valence-corrected chi connectivity index (χ2v) is 8.19. The van der Waals surface area contributed by atoms with Crippen LogP contribution in [0.5, 0.6) is 0 Å².